The van der Waals surface area contributed by atoms with Gasteiger partial charge in [-0.1, -0.05) is 42.5 Å². The van der Waals surface area contributed by atoms with Crippen LogP contribution < -0.4 is 10.6 Å². The summed E-state index contributed by atoms with van der Waals surface area (Å²) < 4.78 is 0. The van der Waals surface area contributed by atoms with Gasteiger partial charge in [-0.15, -0.1) is 0 Å². The van der Waals surface area contributed by atoms with Crippen LogP contribution in [0.5, 0.6) is 0 Å². The van der Waals surface area contributed by atoms with Gasteiger partial charge >= 0.3 is 0 Å². The Balaban J connectivity index is 1.74. The van der Waals surface area contributed by atoms with Gasteiger partial charge in [-0.25, -0.2) is 0 Å². The molecule has 0 aliphatic heterocycles. The molecule has 3 aromatic rings. The number of carbonyl (C=O) groups excluding carboxylic acids is 1. The second-order valence-corrected chi connectivity index (χ2v) is 6.31. The molecule has 0 unspecified atom stereocenters. The molecular formula is C22H18N4O3. The van der Waals surface area contributed by atoms with E-state index >= 15 is 0 Å². The van der Waals surface area contributed by atoms with E-state index in [4.69, 9.17) is 5.26 Å². The Morgan fingerprint density at radius 2 is 1.72 bits per heavy atom. The molecule has 0 spiro atoms. The standard InChI is InChI=1S/C22H18N4O3/c23-13-12-16-6-9-19(10-7-16)25-22(27)18-8-11-20(21(14-18)26(28)29)24-15-17-4-2-1-3-5-17/h1-11,14,24H,12,15H2,(H,25,27). The predicted molar refractivity (Wildman–Crippen MR) is 111 cm³/mol. The number of benzene rings is 3. The van der Waals surface area contributed by atoms with E-state index in [0.717, 1.165) is 11.1 Å². The largest absolute Gasteiger partial charge is 0.375 e. The average Bonchev–Trinajstić information content (AvgIpc) is 2.74. The van der Waals surface area contributed by atoms with Crippen LogP contribution in [0.4, 0.5) is 17.1 Å². The number of carbonyl (C=O) groups is 1. The van der Waals surface area contributed by atoms with Gasteiger partial charge in [0.25, 0.3) is 11.6 Å². The molecule has 144 valence electrons. The summed E-state index contributed by atoms with van der Waals surface area (Å²) in [5, 5.41) is 25.9. The summed E-state index contributed by atoms with van der Waals surface area (Å²) in [5.41, 5.74) is 2.74. The summed E-state index contributed by atoms with van der Waals surface area (Å²) in [7, 11) is 0. The molecule has 0 saturated heterocycles. The summed E-state index contributed by atoms with van der Waals surface area (Å²) in [4.78, 5) is 23.4. The zero-order valence-corrected chi connectivity index (χ0v) is 15.5. The first-order valence-electron chi connectivity index (χ1n) is 8.90. The van der Waals surface area contributed by atoms with Crippen molar-refractivity contribution < 1.29 is 9.72 Å². The Morgan fingerprint density at radius 1 is 1.00 bits per heavy atom. The van der Waals surface area contributed by atoms with Crippen LogP contribution in [0.15, 0.2) is 72.8 Å². The summed E-state index contributed by atoms with van der Waals surface area (Å²) in [6.45, 7) is 0.433. The van der Waals surface area contributed by atoms with Crippen LogP contribution in [-0.2, 0) is 13.0 Å². The fraction of sp³-hybridized carbons (Fsp3) is 0.0909. The van der Waals surface area contributed by atoms with Gasteiger partial charge in [0.05, 0.1) is 17.4 Å². The van der Waals surface area contributed by atoms with Crippen molar-refractivity contribution >= 4 is 23.0 Å². The molecular weight excluding hydrogens is 368 g/mol. The third kappa shape index (κ3) is 5.17. The van der Waals surface area contributed by atoms with Crippen LogP contribution in [0.2, 0.25) is 0 Å². The van der Waals surface area contributed by atoms with E-state index in [9.17, 15) is 14.9 Å². The molecule has 0 aliphatic carbocycles. The summed E-state index contributed by atoms with van der Waals surface area (Å²) in [6.07, 6.45) is 0.290. The summed E-state index contributed by atoms with van der Waals surface area (Å²) in [5.74, 6) is -0.448. The fourth-order valence-electron chi connectivity index (χ4n) is 2.77. The zero-order valence-electron chi connectivity index (χ0n) is 15.5. The minimum atomic E-state index is -0.513. The van der Waals surface area contributed by atoms with Crippen molar-refractivity contribution in [3.8, 4) is 6.07 Å². The van der Waals surface area contributed by atoms with Crippen LogP contribution in [0.3, 0.4) is 0 Å². The Bertz CT molecular complexity index is 1060. The van der Waals surface area contributed by atoms with E-state index < -0.39 is 10.8 Å². The van der Waals surface area contributed by atoms with Crippen molar-refractivity contribution in [1.82, 2.24) is 0 Å². The van der Waals surface area contributed by atoms with Gasteiger partial charge in [-0.3, -0.25) is 14.9 Å². The lowest BCUT2D eigenvalue weighted by Gasteiger charge is -2.10. The molecule has 3 rings (SSSR count). The second kappa shape index (κ2) is 9.15. The molecule has 7 nitrogen and oxygen atoms in total. The monoisotopic (exact) mass is 386 g/mol. The maximum Gasteiger partial charge on any atom is 0.293 e. The van der Waals surface area contributed by atoms with E-state index in [1.165, 1.54) is 12.1 Å². The van der Waals surface area contributed by atoms with Crippen LogP contribution >= 0.6 is 0 Å². The quantitative estimate of drug-likeness (QED) is 0.458. The van der Waals surface area contributed by atoms with Gasteiger partial charge < -0.3 is 10.6 Å². The third-order valence-corrected chi connectivity index (χ3v) is 4.28. The predicted octanol–water partition coefficient (Wildman–Crippen LogP) is 4.53. The van der Waals surface area contributed by atoms with E-state index in [1.54, 1.807) is 30.3 Å². The number of amides is 1. The van der Waals surface area contributed by atoms with Gasteiger partial charge in [0, 0.05) is 23.9 Å². The lowest BCUT2D eigenvalue weighted by Crippen LogP contribution is -2.13. The topological polar surface area (TPSA) is 108 Å². The molecule has 0 aliphatic rings. The Hall–Kier alpha value is -4.18. The number of nitro groups is 1. The highest BCUT2D eigenvalue weighted by molar-refractivity contribution is 6.05. The third-order valence-electron chi connectivity index (χ3n) is 4.28. The maximum absolute atomic E-state index is 12.5. The van der Waals surface area contributed by atoms with Crippen molar-refractivity contribution in [1.29, 1.82) is 5.26 Å². The molecule has 2 N–H and O–H groups in total. The number of nitro benzene ring substituents is 1. The van der Waals surface area contributed by atoms with Gasteiger partial charge in [0.1, 0.15) is 5.69 Å². The molecule has 0 aromatic heterocycles. The first kappa shape index (κ1) is 19.6. The average molecular weight is 386 g/mol. The van der Waals surface area contributed by atoms with Crippen LogP contribution in [-0.4, -0.2) is 10.8 Å². The molecule has 0 atom stereocenters. The van der Waals surface area contributed by atoms with Crippen molar-refractivity contribution in [3.05, 3.63) is 99.6 Å². The molecule has 0 saturated carbocycles. The molecule has 7 heteroatoms. The van der Waals surface area contributed by atoms with Crippen molar-refractivity contribution in [2.75, 3.05) is 10.6 Å². The van der Waals surface area contributed by atoms with E-state index in [-0.39, 0.29) is 17.7 Å². The first-order valence-corrected chi connectivity index (χ1v) is 8.90. The lowest BCUT2D eigenvalue weighted by molar-refractivity contribution is -0.384. The van der Waals surface area contributed by atoms with E-state index in [2.05, 4.69) is 16.7 Å². The Labute approximate surface area is 167 Å². The molecule has 29 heavy (non-hydrogen) atoms. The minimum absolute atomic E-state index is 0.169. The molecule has 0 heterocycles. The highest BCUT2D eigenvalue weighted by Gasteiger charge is 2.17. The number of anilines is 2. The molecule has 1 amide bonds. The van der Waals surface area contributed by atoms with Crippen molar-refractivity contribution in [2.45, 2.75) is 13.0 Å². The van der Waals surface area contributed by atoms with Crippen LogP contribution in [0, 0.1) is 21.4 Å². The van der Waals surface area contributed by atoms with Gasteiger partial charge in [0.15, 0.2) is 0 Å². The lowest BCUT2D eigenvalue weighted by atomic mass is 10.1. The Kier molecular flexibility index (Phi) is 6.18. The van der Waals surface area contributed by atoms with Crippen LogP contribution in [0.25, 0.3) is 0 Å². The van der Waals surface area contributed by atoms with E-state index in [1.807, 2.05) is 30.3 Å². The van der Waals surface area contributed by atoms with Gasteiger partial charge in [-0.2, -0.15) is 5.26 Å². The SMILES string of the molecule is N#CCc1ccc(NC(=O)c2ccc(NCc3ccccc3)c([N+](=O)[O-])c2)cc1. The van der Waals surface area contributed by atoms with E-state index in [0.29, 0.717) is 17.9 Å². The number of hydrogen-bond donors (Lipinski definition) is 2. The number of nitrogens with one attached hydrogen (secondary N) is 2. The fourth-order valence-corrected chi connectivity index (χ4v) is 2.77. The smallest absolute Gasteiger partial charge is 0.293 e. The maximum atomic E-state index is 12.5. The number of nitrogens with zero attached hydrogens (tertiary/aromatic N) is 2. The van der Waals surface area contributed by atoms with Gasteiger partial charge in [-0.05, 0) is 35.4 Å². The normalized spacial score (nSPS) is 10.0. The minimum Gasteiger partial charge on any atom is -0.375 e. The molecule has 0 bridgehead atoms. The van der Waals surface area contributed by atoms with Crippen molar-refractivity contribution in [2.24, 2.45) is 0 Å². The molecule has 0 radical (unpaired) electrons. The number of nitriles is 1. The van der Waals surface area contributed by atoms with Gasteiger partial charge in [0.2, 0.25) is 0 Å². The highest BCUT2D eigenvalue weighted by atomic mass is 16.6. The first-order chi connectivity index (χ1) is 14.1. The second-order valence-electron chi connectivity index (χ2n) is 6.31. The van der Waals surface area contributed by atoms with Crippen molar-refractivity contribution in [3.63, 3.8) is 0 Å². The highest BCUT2D eigenvalue weighted by Crippen LogP contribution is 2.26. The Morgan fingerprint density at radius 3 is 2.38 bits per heavy atom. The number of rotatable bonds is 7. The summed E-state index contributed by atoms with van der Waals surface area (Å²) in [6, 6.07) is 22.8. The summed E-state index contributed by atoms with van der Waals surface area (Å²) >= 11 is 0. The molecule has 3 aromatic carbocycles. The van der Waals surface area contributed by atoms with Crippen LogP contribution in [0.1, 0.15) is 21.5 Å². The molecule has 0 fully saturated rings. The zero-order chi connectivity index (χ0) is 20.6. The number of hydrogen-bond acceptors (Lipinski definition) is 5.